The fourth-order valence-electron chi connectivity index (χ4n) is 1.75. The number of anilines is 1. The average Bonchev–Trinajstić information content (AvgIpc) is 2.64. The first-order valence-electron chi connectivity index (χ1n) is 5.36. The van der Waals surface area contributed by atoms with Gasteiger partial charge in [-0.3, -0.25) is 0 Å². The minimum atomic E-state index is -4.54. The van der Waals surface area contributed by atoms with Crippen molar-refractivity contribution in [3.63, 3.8) is 0 Å². The maximum atomic E-state index is 12.9. The molecule has 1 aromatic heterocycles. The summed E-state index contributed by atoms with van der Waals surface area (Å²) < 4.78 is 40.7. The lowest BCUT2D eigenvalue weighted by Crippen LogP contribution is -2.24. The summed E-state index contributed by atoms with van der Waals surface area (Å²) in [7, 11) is 2.85. The van der Waals surface area contributed by atoms with Crippen molar-refractivity contribution in [2.24, 2.45) is 7.05 Å². The third-order valence-corrected chi connectivity index (χ3v) is 2.60. The molecule has 2 rings (SSSR count). The van der Waals surface area contributed by atoms with Crippen LogP contribution < -0.4 is 11.0 Å². The van der Waals surface area contributed by atoms with Crippen molar-refractivity contribution in [3.8, 4) is 5.69 Å². The molecule has 8 heteroatoms. The van der Waals surface area contributed by atoms with Gasteiger partial charge in [0, 0.05) is 14.1 Å². The van der Waals surface area contributed by atoms with Crippen LogP contribution in [0.2, 0.25) is 0 Å². The standard InChI is InChI=1S/C11H11F3N4O/c1-15-9-16-17(2)10(19)18(9)8-6-4-3-5-7(8)11(12,13)14/h3-6H,1-2H3,(H,15,16). The van der Waals surface area contributed by atoms with Crippen LogP contribution in [0.5, 0.6) is 0 Å². The van der Waals surface area contributed by atoms with Gasteiger partial charge in [-0.05, 0) is 12.1 Å². The summed E-state index contributed by atoms with van der Waals surface area (Å²) in [6.07, 6.45) is -4.54. The lowest BCUT2D eigenvalue weighted by atomic mass is 10.1. The molecule has 0 bridgehead atoms. The van der Waals surface area contributed by atoms with Crippen LogP contribution in [0.4, 0.5) is 19.1 Å². The van der Waals surface area contributed by atoms with Gasteiger partial charge in [0.15, 0.2) is 0 Å². The van der Waals surface area contributed by atoms with E-state index in [-0.39, 0.29) is 11.6 Å². The third-order valence-electron chi connectivity index (χ3n) is 2.60. The van der Waals surface area contributed by atoms with Crippen LogP contribution >= 0.6 is 0 Å². The number of hydrogen-bond donors (Lipinski definition) is 1. The van der Waals surface area contributed by atoms with E-state index in [9.17, 15) is 18.0 Å². The topological polar surface area (TPSA) is 51.9 Å². The molecule has 2 aromatic rings. The highest BCUT2D eigenvalue weighted by atomic mass is 19.4. The van der Waals surface area contributed by atoms with Gasteiger partial charge in [-0.2, -0.15) is 13.2 Å². The summed E-state index contributed by atoms with van der Waals surface area (Å²) in [6.45, 7) is 0. The molecule has 0 spiro atoms. The summed E-state index contributed by atoms with van der Waals surface area (Å²) in [4.78, 5) is 11.9. The molecule has 19 heavy (non-hydrogen) atoms. The number of aromatic nitrogens is 3. The van der Waals surface area contributed by atoms with Crippen molar-refractivity contribution in [3.05, 3.63) is 40.3 Å². The Hall–Kier alpha value is -2.25. The molecule has 0 amide bonds. The Kier molecular flexibility index (Phi) is 3.09. The molecule has 0 saturated carbocycles. The summed E-state index contributed by atoms with van der Waals surface area (Å²) >= 11 is 0. The second-order valence-electron chi connectivity index (χ2n) is 3.83. The van der Waals surface area contributed by atoms with Gasteiger partial charge in [0.05, 0.1) is 11.3 Å². The van der Waals surface area contributed by atoms with Gasteiger partial charge >= 0.3 is 11.9 Å². The predicted molar refractivity (Wildman–Crippen MR) is 63.4 cm³/mol. The van der Waals surface area contributed by atoms with Crippen molar-refractivity contribution in [2.45, 2.75) is 6.18 Å². The fraction of sp³-hybridized carbons (Fsp3) is 0.273. The molecule has 5 nitrogen and oxygen atoms in total. The largest absolute Gasteiger partial charge is 0.418 e. The summed E-state index contributed by atoms with van der Waals surface area (Å²) in [6, 6.07) is 4.86. The van der Waals surface area contributed by atoms with Crippen LogP contribution in [-0.4, -0.2) is 21.4 Å². The van der Waals surface area contributed by atoms with Gasteiger partial charge in [-0.1, -0.05) is 12.1 Å². The van der Waals surface area contributed by atoms with Gasteiger partial charge in [0.1, 0.15) is 0 Å². The molecule has 1 heterocycles. The Labute approximate surface area is 106 Å². The molecule has 1 N–H and O–H groups in total. The van der Waals surface area contributed by atoms with Gasteiger partial charge < -0.3 is 5.32 Å². The number of nitrogens with zero attached hydrogens (tertiary/aromatic N) is 3. The van der Waals surface area contributed by atoms with E-state index >= 15 is 0 Å². The molecule has 0 radical (unpaired) electrons. The molecule has 0 aliphatic carbocycles. The zero-order valence-corrected chi connectivity index (χ0v) is 10.2. The number of halogens is 3. The highest BCUT2D eigenvalue weighted by molar-refractivity contribution is 5.47. The first-order valence-corrected chi connectivity index (χ1v) is 5.36. The summed E-state index contributed by atoms with van der Waals surface area (Å²) in [5, 5.41) is 6.41. The first kappa shape index (κ1) is 13.2. The van der Waals surface area contributed by atoms with E-state index in [0.29, 0.717) is 0 Å². The smallest absolute Gasteiger partial charge is 0.357 e. The third kappa shape index (κ3) is 2.20. The molecule has 0 fully saturated rings. The summed E-state index contributed by atoms with van der Waals surface area (Å²) in [5.74, 6) is 0.0456. The van der Waals surface area contributed by atoms with Gasteiger partial charge in [0.2, 0.25) is 5.95 Å². The number of hydrogen-bond acceptors (Lipinski definition) is 3. The van der Waals surface area contributed by atoms with Crippen molar-refractivity contribution in [1.29, 1.82) is 0 Å². The monoisotopic (exact) mass is 272 g/mol. The molecule has 102 valence electrons. The van der Waals surface area contributed by atoms with E-state index in [2.05, 4.69) is 10.4 Å². The van der Waals surface area contributed by atoms with E-state index < -0.39 is 17.4 Å². The van der Waals surface area contributed by atoms with Crippen molar-refractivity contribution in [2.75, 3.05) is 12.4 Å². The lowest BCUT2D eigenvalue weighted by Gasteiger charge is -2.13. The fourth-order valence-corrected chi connectivity index (χ4v) is 1.75. The number of benzene rings is 1. The van der Waals surface area contributed by atoms with E-state index in [0.717, 1.165) is 15.3 Å². The Morgan fingerprint density at radius 1 is 1.26 bits per heavy atom. The Bertz CT molecular complexity index is 657. The SMILES string of the molecule is CNc1nn(C)c(=O)n1-c1ccccc1C(F)(F)F. The van der Waals surface area contributed by atoms with Crippen molar-refractivity contribution < 1.29 is 13.2 Å². The van der Waals surface area contributed by atoms with Crippen LogP contribution in [0, 0.1) is 0 Å². The molecular formula is C11H11F3N4O. The molecule has 0 aliphatic rings. The van der Waals surface area contributed by atoms with Crippen molar-refractivity contribution >= 4 is 5.95 Å². The van der Waals surface area contributed by atoms with Crippen molar-refractivity contribution in [1.82, 2.24) is 14.3 Å². The molecule has 0 unspecified atom stereocenters. The Morgan fingerprint density at radius 2 is 1.89 bits per heavy atom. The minimum absolute atomic E-state index is 0.0456. The molecular weight excluding hydrogens is 261 g/mol. The zero-order valence-electron chi connectivity index (χ0n) is 10.2. The highest BCUT2D eigenvalue weighted by Gasteiger charge is 2.34. The maximum Gasteiger partial charge on any atom is 0.418 e. The summed E-state index contributed by atoms with van der Waals surface area (Å²) in [5.41, 5.74) is -1.79. The Balaban J connectivity index is 2.77. The lowest BCUT2D eigenvalue weighted by molar-refractivity contribution is -0.137. The van der Waals surface area contributed by atoms with Crippen LogP contribution in [0.1, 0.15) is 5.56 Å². The van der Waals surface area contributed by atoms with Gasteiger partial charge in [-0.15, -0.1) is 5.10 Å². The predicted octanol–water partition coefficient (Wildman–Crippen LogP) is 1.63. The molecule has 1 aromatic carbocycles. The quantitative estimate of drug-likeness (QED) is 0.904. The van der Waals surface area contributed by atoms with E-state index in [1.807, 2.05) is 0 Å². The Morgan fingerprint density at radius 3 is 2.47 bits per heavy atom. The highest BCUT2D eigenvalue weighted by Crippen LogP contribution is 2.33. The van der Waals surface area contributed by atoms with E-state index in [1.165, 1.54) is 32.3 Å². The average molecular weight is 272 g/mol. The molecule has 0 atom stereocenters. The van der Waals surface area contributed by atoms with Gasteiger partial charge in [0.25, 0.3) is 0 Å². The second-order valence-corrected chi connectivity index (χ2v) is 3.83. The zero-order chi connectivity index (χ0) is 14.2. The van der Waals surface area contributed by atoms with Crippen LogP contribution in [0.25, 0.3) is 5.69 Å². The van der Waals surface area contributed by atoms with E-state index in [4.69, 9.17) is 0 Å². The number of rotatable bonds is 2. The number of alkyl halides is 3. The maximum absolute atomic E-state index is 12.9. The van der Waals surface area contributed by atoms with Crippen LogP contribution in [-0.2, 0) is 13.2 Å². The van der Waals surface area contributed by atoms with Crippen LogP contribution in [0.15, 0.2) is 29.1 Å². The molecule has 0 aliphatic heterocycles. The first-order chi connectivity index (χ1) is 8.86. The number of aryl methyl sites for hydroxylation is 1. The van der Waals surface area contributed by atoms with Gasteiger partial charge in [-0.25, -0.2) is 14.0 Å². The minimum Gasteiger partial charge on any atom is -0.357 e. The van der Waals surface area contributed by atoms with Crippen LogP contribution in [0.3, 0.4) is 0 Å². The number of nitrogens with one attached hydrogen (secondary N) is 1. The normalized spacial score (nSPS) is 11.6. The number of para-hydroxylation sites is 1. The second kappa shape index (κ2) is 4.45. The molecule has 0 saturated heterocycles. The van der Waals surface area contributed by atoms with E-state index in [1.54, 1.807) is 0 Å².